The van der Waals surface area contributed by atoms with Gasteiger partial charge in [-0.2, -0.15) is 0 Å². The Balaban J connectivity index is 2.06. The highest BCUT2D eigenvalue weighted by molar-refractivity contribution is 5.98. The number of aromatic nitrogens is 1. The summed E-state index contributed by atoms with van der Waals surface area (Å²) in [6.07, 6.45) is 5.03. The Morgan fingerprint density at radius 2 is 2.38 bits per heavy atom. The van der Waals surface area contributed by atoms with Crippen molar-refractivity contribution in [2.24, 2.45) is 5.92 Å². The highest BCUT2D eigenvalue weighted by atomic mass is 16.1. The van der Waals surface area contributed by atoms with Crippen LogP contribution in [-0.2, 0) is 0 Å². The number of carbonyl (C=O) groups is 1. The van der Waals surface area contributed by atoms with Crippen molar-refractivity contribution in [1.82, 2.24) is 10.3 Å². The van der Waals surface area contributed by atoms with E-state index in [0.29, 0.717) is 17.3 Å². The Morgan fingerprint density at radius 1 is 1.56 bits per heavy atom. The van der Waals surface area contributed by atoms with Crippen LogP contribution < -0.4 is 11.1 Å². The van der Waals surface area contributed by atoms with E-state index in [4.69, 9.17) is 5.73 Å². The number of anilines is 1. The Bertz CT molecular complexity index is 392. The quantitative estimate of drug-likeness (QED) is 0.793. The highest BCUT2D eigenvalue weighted by Crippen LogP contribution is 2.25. The monoisotopic (exact) mass is 219 g/mol. The average molecular weight is 219 g/mol. The normalized spacial score (nSPS) is 24.3. The van der Waals surface area contributed by atoms with Crippen molar-refractivity contribution in [2.45, 2.75) is 32.2 Å². The Kier molecular flexibility index (Phi) is 3.08. The van der Waals surface area contributed by atoms with Gasteiger partial charge in [0.05, 0.1) is 5.56 Å². The number of carbonyl (C=O) groups excluding carboxylic acids is 1. The molecule has 0 saturated heterocycles. The van der Waals surface area contributed by atoms with E-state index in [1.807, 2.05) is 0 Å². The van der Waals surface area contributed by atoms with Gasteiger partial charge in [-0.05, 0) is 30.9 Å². The van der Waals surface area contributed by atoms with E-state index in [1.54, 1.807) is 18.3 Å². The SMILES string of the molecule is CC1CCCC1NC(=O)c1cccnc1N. The molecule has 16 heavy (non-hydrogen) atoms. The lowest BCUT2D eigenvalue weighted by Gasteiger charge is -2.17. The predicted molar refractivity (Wildman–Crippen MR) is 62.9 cm³/mol. The van der Waals surface area contributed by atoms with Gasteiger partial charge in [0.15, 0.2) is 0 Å². The van der Waals surface area contributed by atoms with Crippen molar-refractivity contribution >= 4 is 11.7 Å². The maximum absolute atomic E-state index is 11.9. The van der Waals surface area contributed by atoms with Crippen LogP contribution >= 0.6 is 0 Å². The number of pyridine rings is 1. The second kappa shape index (κ2) is 4.51. The van der Waals surface area contributed by atoms with Gasteiger partial charge in [0, 0.05) is 12.2 Å². The maximum atomic E-state index is 11.9. The molecule has 86 valence electrons. The molecule has 1 amide bonds. The molecule has 2 unspecified atom stereocenters. The third kappa shape index (κ3) is 2.15. The summed E-state index contributed by atoms with van der Waals surface area (Å²) < 4.78 is 0. The van der Waals surface area contributed by atoms with Crippen LogP contribution in [0.2, 0.25) is 0 Å². The average Bonchev–Trinajstić information content (AvgIpc) is 2.65. The van der Waals surface area contributed by atoms with Crippen LogP contribution in [0.15, 0.2) is 18.3 Å². The van der Waals surface area contributed by atoms with Crippen LogP contribution in [0.25, 0.3) is 0 Å². The number of hydrogen-bond acceptors (Lipinski definition) is 3. The molecule has 0 bridgehead atoms. The second-order valence-electron chi connectivity index (χ2n) is 4.42. The first-order valence-electron chi connectivity index (χ1n) is 5.70. The molecule has 0 spiro atoms. The fourth-order valence-electron chi connectivity index (χ4n) is 2.22. The minimum Gasteiger partial charge on any atom is -0.383 e. The summed E-state index contributed by atoms with van der Waals surface area (Å²) in [6, 6.07) is 3.72. The minimum absolute atomic E-state index is 0.107. The lowest BCUT2D eigenvalue weighted by Crippen LogP contribution is -2.36. The van der Waals surface area contributed by atoms with Gasteiger partial charge in [-0.15, -0.1) is 0 Å². The molecule has 4 nitrogen and oxygen atoms in total. The van der Waals surface area contributed by atoms with Crippen LogP contribution in [0.5, 0.6) is 0 Å². The molecule has 1 aromatic rings. The summed E-state index contributed by atoms with van der Waals surface area (Å²) in [5.41, 5.74) is 6.13. The molecule has 3 N–H and O–H groups in total. The first-order chi connectivity index (χ1) is 7.68. The fraction of sp³-hybridized carbons (Fsp3) is 0.500. The van der Waals surface area contributed by atoms with Gasteiger partial charge in [0.2, 0.25) is 0 Å². The number of rotatable bonds is 2. The molecule has 0 aromatic carbocycles. The van der Waals surface area contributed by atoms with Crippen LogP contribution in [0.4, 0.5) is 5.82 Å². The summed E-state index contributed by atoms with van der Waals surface area (Å²) in [4.78, 5) is 15.8. The number of nitrogens with zero attached hydrogens (tertiary/aromatic N) is 1. The molecule has 0 radical (unpaired) electrons. The number of nitrogen functional groups attached to an aromatic ring is 1. The van der Waals surface area contributed by atoms with Crippen LogP contribution in [0.1, 0.15) is 36.5 Å². The van der Waals surface area contributed by atoms with Gasteiger partial charge in [-0.25, -0.2) is 4.98 Å². The number of nitrogens with one attached hydrogen (secondary N) is 1. The molecular formula is C12H17N3O. The van der Waals surface area contributed by atoms with Crippen molar-refractivity contribution in [1.29, 1.82) is 0 Å². The molecule has 1 aliphatic carbocycles. The van der Waals surface area contributed by atoms with Crippen molar-refractivity contribution in [2.75, 3.05) is 5.73 Å². The van der Waals surface area contributed by atoms with E-state index >= 15 is 0 Å². The lowest BCUT2D eigenvalue weighted by atomic mass is 10.1. The molecule has 1 aliphatic rings. The predicted octanol–water partition coefficient (Wildman–Crippen LogP) is 1.58. The molecule has 1 aromatic heterocycles. The zero-order valence-electron chi connectivity index (χ0n) is 9.44. The topological polar surface area (TPSA) is 68.0 Å². The number of nitrogens with two attached hydrogens (primary N) is 1. The van der Waals surface area contributed by atoms with Crippen molar-refractivity contribution in [3.8, 4) is 0 Å². The molecule has 2 rings (SSSR count). The van der Waals surface area contributed by atoms with Gasteiger partial charge in [-0.3, -0.25) is 4.79 Å². The molecule has 1 heterocycles. The van der Waals surface area contributed by atoms with Gasteiger partial charge < -0.3 is 11.1 Å². The van der Waals surface area contributed by atoms with Crippen LogP contribution in [-0.4, -0.2) is 16.9 Å². The third-order valence-electron chi connectivity index (χ3n) is 3.26. The summed E-state index contributed by atoms with van der Waals surface area (Å²) in [6.45, 7) is 2.17. The van der Waals surface area contributed by atoms with E-state index in [0.717, 1.165) is 6.42 Å². The van der Waals surface area contributed by atoms with Gasteiger partial charge >= 0.3 is 0 Å². The smallest absolute Gasteiger partial charge is 0.255 e. The van der Waals surface area contributed by atoms with Gasteiger partial charge in [0.1, 0.15) is 5.82 Å². The molecule has 2 atom stereocenters. The Labute approximate surface area is 95.3 Å². The standard InChI is InChI=1S/C12H17N3O/c1-8-4-2-6-10(8)15-12(16)9-5-3-7-14-11(9)13/h3,5,7-8,10H,2,4,6H2,1H3,(H2,13,14)(H,15,16). The summed E-state index contributed by atoms with van der Waals surface area (Å²) >= 11 is 0. The summed E-state index contributed by atoms with van der Waals surface area (Å²) in [5, 5.41) is 3.03. The van der Waals surface area contributed by atoms with E-state index in [2.05, 4.69) is 17.2 Å². The van der Waals surface area contributed by atoms with E-state index in [1.165, 1.54) is 12.8 Å². The van der Waals surface area contributed by atoms with E-state index < -0.39 is 0 Å². The maximum Gasteiger partial charge on any atom is 0.255 e. The number of amides is 1. The van der Waals surface area contributed by atoms with Crippen molar-refractivity contribution < 1.29 is 4.79 Å². The summed E-state index contributed by atoms with van der Waals surface area (Å²) in [7, 11) is 0. The molecule has 1 saturated carbocycles. The fourth-order valence-corrected chi connectivity index (χ4v) is 2.22. The van der Waals surface area contributed by atoms with Gasteiger partial charge in [0.25, 0.3) is 5.91 Å². The number of hydrogen-bond donors (Lipinski definition) is 2. The summed E-state index contributed by atoms with van der Waals surface area (Å²) in [5.74, 6) is 0.747. The second-order valence-corrected chi connectivity index (χ2v) is 4.42. The Hall–Kier alpha value is -1.58. The first-order valence-corrected chi connectivity index (χ1v) is 5.70. The zero-order valence-corrected chi connectivity index (χ0v) is 9.44. The third-order valence-corrected chi connectivity index (χ3v) is 3.26. The molecule has 4 heteroatoms. The molecule has 0 aliphatic heterocycles. The molecular weight excluding hydrogens is 202 g/mol. The van der Waals surface area contributed by atoms with Crippen LogP contribution in [0.3, 0.4) is 0 Å². The lowest BCUT2D eigenvalue weighted by molar-refractivity contribution is 0.0930. The minimum atomic E-state index is -0.107. The Morgan fingerprint density at radius 3 is 3.00 bits per heavy atom. The van der Waals surface area contributed by atoms with Crippen molar-refractivity contribution in [3.63, 3.8) is 0 Å². The van der Waals surface area contributed by atoms with Crippen molar-refractivity contribution in [3.05, 3.63) is 23.9 Å². The highest BCUT2D eigenvalue weighted by Gasteiger charge is 2.25. The van der Waals surface area contributed by atoms with Gasteiger partial charge in [-0.1, -0.05) is 13.3 Å². The zero-order chi connectivity index (χ0) is 11.5. The largest absolute Gasteiger partial charge is 0.383 e. The molecule has 1 fully saturated rings. The van der Waals surface area contributed by atoms with E-state index in [-0.39, 0.29) is 11.9 Å². The van der Waals surface area contributed by atoms with E-state index in [9.17, 15) is 4.79 Å². The van der Waals surface area contributed by atoms with Crippen LogP contribution in [0, 0.1) is 5.92 Å². The first kappa shape index (κ1) is 10.9.